The zero-order valence-corrected chi connectivity index (χ0v) is 17.5. The van der Waals surface area contributed by atoms with E-state index < -0.39 is 5.60 Å². The van der Waals surface area contributed by atoms with Gasteiger partial charge in [-0.2, -0.15) is 0 Å². The van der Waals surface area contributed by atoms with Crippen LogP contribution in [0.3, 0.4) is 0 Å². The molecular formula is C19H21BrClN3O3. The highest BCUT2D eigenvalue weighted by atomic mass is 79.9. The van der Waals surface area contributed by atoms with Gasteiger partial charge in [0, 0.05) is 24.0 Å². The SMILES string of the molecule is CC(C)(Oc1ccc(Cl)cc1)C(=O)N1CCCC(Oc2ncc(Br)cn2)C1. The van der Waals surface area contributed by atoms with Crippen molar-refractivity contribution < 1.29 is 14.3 Å². The van der Waals surface area contributed by atoms with Crippen LogP contribution in [-0.2, 0) is 4.79 Å². The second kappa shape index (κ2) is 8.44. The minimum Gasteiger partial charge on any atom is -0.478 e. The summed E-state index contributed by atoms with van der Waals surface area (Å²) in [6.07, 6.45) is 4.83. The van der Waals surface area contributed by atoms with Crippen LogP contribution in [0.4, 0.5) is 0 Å². The van der Waals surface area contributed by atoms with Crippen LogP contribution in [0.15, 0.2) is 41.1 Å². The van der Waals surface area contributed by atoms with E-state index in [1.807, 2.05) is 0 Å². The average molecular weight is 455 g/mol. The Bertz CT molecular complexity index is 784. The first-order valence-corrected chi connectivity index (χ1v) is 9.89. The number of benzene rings is 1. The minimum absolute atomic E-state index is 0.0810. The summed E-state index contributed by atoms with van der Waals surface area (Å²) >= 11 is 9.20. The third kappa shape index (κ3) is 5.32. The average Bonchev–Trinajstić information content (AvgIpc) is 2.65. The van der Waals surface area contributed by atoms with Crippen LogP contribution in [0.5, 0.6) is 11.8 Å². The maximum atomic E-state index is 13.0. The summed E-state index contributed by atoms with van der Waals surface area (Å²) in [5, 5.41) is 0.623. The van der Waals surface area contributed by atoms with E-state index in [9.17, 15) is 4.79 Å². The minimum atomic E-state index is -0.996. The third-order valence-corrected chi connectivity index (χ3v) is 4.90. The Kier molecular flexibility index (Phi) is 6.22. The first kappa shape index (κ1) is 19.9. The van der Waals surface area contributed by atoms with E-state index in [0.29, 0.717) is 29.9 Å². The van der Waals surface area contributed by atoms with E-state index in [1.165, 1.54) is 0 Å². The molecule has 0 bridgehead atoms. The van der Waals surface area contributed by atoms with Crippen molar-refractivity contribution in [3.63, 3.8) is 0 Å². The zero-order valence-electron chi connectivity index (χ0n) is 15.2. The molecule has 0 radical (unpaired) electrons. The maximum Gasteiger partial charge on any atom is 0.316 e. The van der Waals surface area contributed by atoms with Gasteiger partial charge in [-0.15, -0.1) is 0 Å². The van der Waals surface area contributed by atoms with Gasteiger partial charge in [0.05, 0.1) is 11.0 Å². The fourth-order valence-corrected chi connectivity index (χ4v) is 3.28. The number of hydrogen-bond donors (Lipinski definition) is 0. The number of carbonyl (C=O) groups is 1. The molecule has 144 valence electrons. The van der Waals surface area contributed by atoms with Gasteiger partial charge in [-0.05, 0) is 66.9 Å². The van der Waals surface area contributed by atoms with E-state index in [1.54, 1.807) is 55.4 Å². The molecule has 1 saturated heterocycles. The van der Waals surface area contributed by atoms with Crippen molar-refractivity contribution in [2.24, 2.45) is 0 Å². The number of carbonyl (C=O) groups excluding carboxylic acids is 1. The van der Waals surface area contributed by atoms with E-state index in [2.05, 4.69) is 25.9 Å². The van der Waals surface area contributed by atoms with Gasteiger partial charge in [-0.25, -0.2) is 9.97 Å². The van der Waals surface area contributed by atoms with Crippen molar-refractivity contribution in [1.82, 2.24) is 14.9 Å². The number of nitrogens with zero attached hydrogens (tertiary/aromatic N) is 3. The van der Waals surface area contributed by atoms with Gasteiger partial charge < -0.3 is 14.4 Å². The summed E-state index contributed by atoms with van der Waals surface area (Å²) < 4.78 is 12.5. The molecule has 1 amide bonds. The van der Waals surface area contributed by atoms with Gasteiger partial charge in [0.2, 0.25) is 0 Å². The smallest absolute Gasteiger partial charge is 0.316 e. The second-order valence-electron chi connectivity index (χ2n) is 6.88. The molecule has 0 N–H and O–H groups in total. The molecule has 0 spiro atoms. The third-order valence-electron chi connectivity index (χ3n) is 4.24. The number of ether oxygens (including phenoxy) is 2. The van der Waals surface area contributed by atoms with Crippen molar-refractivity contribution in [2.75, 3.05) is 13.1 Å². The highest BCUT2D eigenvalue weighted by Crippen LogP contribution is 2.24. The molecule has 1 aliphatic heterocycles. The Balaban J connectivity index is 1.62. The molecule has 8 heteroatoms. The predicted octanol–water partition coefficient (Wildman–Crippen LogP) is 4.12. The molecule has 3 rings (SSSR count). The lowest BCUT2D eigenvalue weighted by Gasteiger charge is -2.37. The van der Waals surface area contributed by atoms with Gasteiger partial charge in [0.15, 0.2) is 5.60 Å². The molecule has 1 fully saturated rings. The normalized spacial score (nSPS) is 17.5. The van der Waals surface area contributed by atoms with Gasteiger partial charge in [-0.1, -0.05) is 11.6 Å². The number of rotatable bonds is 5. The fraction of sp³-hybridized carbons (Fsp3) is 0.421. The Morgan fingerprint density at radius 2 is 1.93 bits per heavy atom. The second-order valence-corrected chi connectivity index (χ2v) is 8.24. The van der Waals surface area contributed by atoms with Gasteiger partial charge >= 0.3 is 6.01 Å². The standard InChI is InChI=1S/C19H21BrClN3O3/c1-19(2,27-15-7-5-14(21)6-8-15)17(25)24-9-3-4-16(12-24)26-18-22-10-13(20)11-23-18/h5-8,10-11,16H,3-4,9,12H2,1-2H3. The molecule has 6 nitrogen and oxygen atoms in total. The molecule has 1 atom stereocenters. The largest absolute Gasteiger partial charge is 0.478 e. The van der Waals surface area contributed by atoms with Crippen molar-refractivity contribution in [3.05, 3.63) is 46.2 Å². The first-order valence-electron chi connectivity index (χ1n) is 8.72. The molecular weight excluding hydrogens is 434 g/mol. The molecule has 1 aliphatic rings. The van der Waals surface area contributed by atoms with Crippen molar-refractivity contribution in [2.45, 2.75) is 38.4 Å². The molecule has 0 aliphatic carbocycles. The number of aromatic nitrogens is 2. The number of amides is 1. The number of likely N-dealkylation sites (tertiary alicyclic amines) is 1. The van der Waals surface area contributed by atoms with Crippen LogP contribution in [0.25, 0.3) is 0 Å². The maximum absolute atomic E-state index is 13.0. The molecule has 1 aromatic heterocycles. The Labute approximate surface area is 172 Å². The molecule has 1 unspecified atom stereocenters. The van der Waals surface area contributed by atoms with Crippen LogP contribution in [0, 0.1) is 0 Å². The summed E-state index contributed by atoms with van der Waals surface area (Å²) in [5.74, 6) is 0.522. The van der Waals surface area contributed by atoms with E-state index >= 15 is 0 Å². The van der Waals surface area contributed by atoms with Crippen molar-refractivity contribution >= 4 is 33.4 Å². The van der Waals surface area contributed by atoms with Crippen molar-refractivity contribution in [3.8, 4) is 11.8 Å². The Hall–Kier alpha value is -1.86. The van der Waals surface area contributed by atoms with E-state index in [-0.39, 0.29) is 12.0 Å². The van der Waals surface area contributed by atoms with Crippen LogP contribution < -0.4 is 9.47 Å². The zero-order chi connectivity index (χ0) is 19.4. The van der Waals surface area contributed by atoms with Gasteiger partial charge in [0.25, 0.3) is 5.91 Å². The van der Waals surface area contributed by atoms with Crippen molar-refractivity contribution in [1.29, 1.82) is 0 Å². The monoisotopic (exact) mass is 453 g/mol. The Morgan fingerprint density at radius 1 is 1.26 bits per heavy atom. The number of halogens is 2. The molecule has 27 heavy (non-hydrogen) atoms. The molecule has 1 aromatic carbocycles. The molecule has 2 aromatic rings. The molecule has 2 heterocycles. The van der Waals surface area contributed by atoms with E-state index in [0.717, 1.165) is 17.3 Å². The summed E-state index contributed by atoms with van der Waals surface area (Å²) in [5.41, 5.74) is -0.996. The topological polar surface area (TPSA) is 64.5 Å². The Morgan fingerprint density at radius 3 is 2.59 bits per heavy atom. The summed E-state index contributed by atoms with van der Waals surface area (Å²) in [4.78, 5) is 23.1. The van der Waals surface area contributed by atoms with Gasteiger partial charge in [-0.3, -0.25) is 4.79 Å². The fourth-order valence-electron chi connectivity index (χ4n) is 2.95. The lowest BCUT2D eigenvalue weighted by Crippen LogP contribution is -2.53. The van der Waals surface area contributed by atoms with E-state index in [4.69, 9.17) is 21.1 Å². The van der Waals surface area contributed by atoms with Crippen LogP contribution >= 0.6 is 27.5 Å². The quantitative estimate of drug-likeness (QED) is 0.680. The highest BCUT2D eigenvalue weighted by Gasteiger charge is 2.37. The highest BCUT2D eigenvalue weighted by molar-refractivity contribution is 9.10. The van der Waals surface area contributed by atoms with Crippen LogP contribution in [0.1, 0.15) is 26.7 Å². The lowest BCUT2D eigenvalue weighted by molar-refractivity contribution is -0.148. The summed E-state index contributed by atoms with van der Waals surface area (Å²) in [6.45, 7) is 4.69. The number of hydrogen-bond acceptors (Lipinski definition) is 5. The first-order chi connectivity index (χ1) is 12.8. The lowest BCUT2D eigenvalue weighted by atomic mass is 10.0. The summed E-state index contributed by atoms with van der Waals surface area (Å²) in [6, 6.07) is 7.30. The number of piperidine rings is 1. The molecule has 0 saturated carbocycles. The predicted molar refractivity (Wildman–Crippen MR) is 106 cm³/mol. The van der Waals surface area contributed by atoms with Crippen LogP contribution in [-0.4, -0.2) is 45.6 Å². The van der Waals surface area contributed by atoms with Gasteiger partial charge in [0.1, 0.15) is 11.9 Å². The summed E-state index contributed by atoms with van der Waals surface area (Å²) in [7, 11) is 0. The van der Waals surface area contributed by atoms with Crippen LogP contribution in [0.2, 0.25) is 5.02 Å².